The van der Waals surface area contributed by atoms with Gasteiger partial charge < -0.3 is 11.1 Å². The van der Waals surface area contributed by atoms with Gasteiger partial charge in [0.2, 0.25) is 5.91 Å². The lowest BCUT2D eigenvalue weighted by molar-refractivity contribution is -0.117. The summed E-state index contributed by atoms with van der Waals surface area (Å²) < 4.78 is 13.6. The summed E-state index contributed by atoms with van der Waals surface area (Å²) in [5.74, 6) is -0.160. The molecule has 2 aromatic rings. The van der Waals surface area contributed by atoms with Crippen molar-refractivity contribution in [1.29, 1.82) is 0 Å². The summed E-state index contributed by atoms with van der Waals surface area (Å²) in [7, 11) is 0. The highest BCUT2D eigenvalue weighted by atomic mass is 19.1. The highest BCUT2D eigenvalue weighted by Gasteiger charge is 2.29. The number of carbonyl (C=O) groups is 1. The molecule has 26 heavy (non-hydrogen) atoms. The Balaban J connectivity index is 1.90. The zero-order valence-corrected chi connectivity index (χ0v) is 15.3. The molecule has 2 atom stereocenters. The van der Waals surface area contributed by atoms with Gasteiger partial charge in [0.25, 0.3) is 0 Å². The Morgan fingerprint density at radius 2 is 2.08 bits per heavy atom. The van der Waals surface area contributed by atoms with E-state index in [9.17, 15) is 9.18 Å². The smallest absolute Gasteiger partial charge is 0.217 e. The number of likely N-dealkylation sites (N-methyl/N-ethyl adjacent to an activating group) is 1. The van der Waals surface area contributed by atoms with Crippen LogP contribution in [0.4, 0.5) is 4.39 Å². The van der Waals surface area contributed by atoms with E-state index in [4.69, 9.17) is 5.73 Å². The van der Waals surface area contributed by atoms with E-state index in [1.165, 1.54) is 17.2 Å². The molecule has 2 unspecified atom stereocenters. The molecule has 1 aliphatic carbocycles. The van der Waals surface area contributed by atoms with E-state index < -0.39 is 0 Å². The molecule has 0 saturated carbocycles. The van der Waals surface area contributed by atoms with Crippen LogP contribution in [0.3, 0.4) is 0 Å². The molecule has 0 aliphatic heterocycles. The van der Waals surface area contributed by atoms with Gasteiger partial charge in [-0.05, 0) is 66.6 Å². The van der Waals surface area contributed by atoms with Crippen molar-refractivity contribution in [1.82, 2.24) is 5.32 Å². The van der Waals surface area contributed by atoms with Crippen LogP contribution in [-0.2, 0) is 24.1 Å². The molecular weight excluding hydrogens is 327 g/mol. The molecule has 2 aromatic carbocycles. The van der Waals surface area contributed by atoms with Crippen LogP contribution in [0.15, 0.2) is 42.5 Å². The molecule has 3 N–H and O–H groups in total. The molecule has 138 valence electrons. The predicted molar refractivity (Wildman–Crippen MR) is 103 cm³/mol. The van der Waals surface area contributed by atoms with E-state index in [1.54, 1.807) is 12.1 Å². The summed E-state index contributed by atoms with van der Waals surface area (Å²) >= 11 is 0. The van der Waals surface area contributed by atoms with Crippen LogP contribution in [0.2, 0.25) is 0 Å². The second-order valence-electron chi connectivity index (χ2n) is 7.14. The average molecular weight is 354 g/mol. The first-order valence-corrected chi connectivity index (χ1v) is 9.44. The Kier molecular flexibility index (Phi) is 6.04. The normalized spacial score (nSPS) is 19.2. The lowest BCUT2D eigenvalue weighted by Crippen LogP contribution is -2.39. The maximum absolute atomic E-state index is 13.6. The van der Waals surface area contributed by atoms with E-state index in [-0.39, 0.29) is 11.7 Å². The third-order valence-corrected chi connectivity index (χ3v) is 5.29. The summed E-state index contributed by atoms with van der Waals surface area (Å²) in [6, 6.07) is 13.8. The first-order valence-electron chi connectivity index (χ1n) is 9.44. The summed E-state index contributed by atoms with van der Waals surface area (Å²) in [5.41, 5.74) is 10.2. The summed E-state index contributed by atoms with van der Waals surface area (Å²) in [5, 5.41) is 3.61. The van der Waals surface area contributed by atoms with Crippen molar-refractivity contribution >= 4 is 5.91 Å². The van der Waals surface area contributed by atoms with Crippen molar-refractivity contribution in [3.8, 4) is 0 Å². The molecule has 3 nitrogen and oxygen atoms in total. The third kappa shape index (κ3) is 4.50. The molecule has 0 fully saturated rings. The number of rotatable bonds is 7. The Labute approximate surface area is 154 Å². The average Bonchev–Trinajstić information content (AvgIpc) is 2.62. The van der Waals surface area contributed by atoms with Crippen molar-refractivity contribution < 1.29 is 9.18 Å². The van der Waals surface area contributed by atoms with Gasteiger partial charge in [0.1, 0.15) is 5.82 Å². The third-order valence-electron chi connectivity index (χ3n) is 5.29. The molecule has 0 spiro atoms. The van der Waals surface area contributed by atoms with Crippen LogP contribution < -0.4 is 11.1 Å². The minimum absolute atomic E-state index is 0.186. The lowest BCUT2D eigenvalue weighted by Gasteiger charge is -2.35. The number of amides is 1. The van der Waals surface area contributed by atoms with E-state index in [1.807, 2.05) is 6.07 Å². The maximum Gasteiger partial charge on any atom is 0.217 e. The summed E-state index contributed by atoms with van der Waals surface area (Å²) in [6.07, 6.45) is 3.97. The van der Waals surface area contributed by atoms with Crippen LogP contribution in [0.5, 0.6) is 0 Å². The highest BCUT2D eigenvalue weighted by molar-refractivity contribution is 5.74. The van der Waals surface area contributed by atoms with Crippen LogP contribution in [0, 0.1) is 5.82 Å². The SMILES string of the molecule is CCNC1CCc2ccc(CCC(N)=O)cc2C1Cc1cccc(F)c1. The van der Waals surface area contributed by atoms with E-state index in [2.05, 4.69) is 30.4 Å². The highest BCUT2D eigenvalue weighted by Crippen LogP contribution is 2.35. The van der Waals surface area contributed by atoms with E-state index in [0.717, 1.165) is 36.9 Å². The van der Waals surface area contributed by atoms with Crippen molar-refractivity contribution in [2.45, 2.75) is 51.0 Å². The number of benzene rings is 2. The summed E-state index contributed by atoms with van der Waals surface area (Å²) in [4.78, 5) is 11.1. The lowest BCUT2D eigenvalue weighted by atomic mass is 9.75. The number of halogens is 1. The van der Waals surface area contributed by atoms with Crippen LogP contribution in [0.1, 0.15) is 47.9 Å². The molecule has 1 amide bonds. The van der Waals surface area contributed by atoms with Gasteiger partial charge >= 0.3 is 0 Å². The van der Waals surface area contributed by atoms with Gasteiger partial charge in [0, 0.05) is 18.4 Å². The summed E-state index contributed by atoms with van der Waals surface area (Å²) in [6.45, 7) is 3.04. The Morgan fingerprint density at radius 1 is 1.23 bits per heavy atom. The Hall–Kier alpha value is -2.20. The van der Waals surface area contributed by atoms with Gasteiger partial charge in [0.05, 0.1) is 0 Å². The Bertz CT molecular complexity index is 774. The molecule has 0 bridgehead atoms. The quantitative estimate of drug-likeness (QED) is 0.800. The van der Waals surface area contributed by atoms with Gasteiger partial charge in [-0.1, -0.05) is 37.3 Å². The number of nitrogens with one attached hydrogen (secondary N) is 1. The van der Waals surface area contributed by atoms with Crippen molar-refractivity contribution in [2.75, 3.05) is 6.54 Å². The molecule has 0 saturated heterocycles. The van der Waals surface area contributed by atoms with Crippen LogP contribution in [-0.4, -0.2) is 18.5 Å². The van der Waals surface area contributed by atoms with Crippen molar-refractivity contribution in [3.63, 3.8) is 0 Å². The largest absolute Gasteiger partial charge is 0.370 e. The van der Waals surface area contributed by atoms with Crippen molar-refractivity contribution in [2.24, 2.45) is 5.73 Å². The first-order chi connectivity index (χ1) is 12.6. The van der Waals surface area contributed by atoms with Gasteiger partial charge in [-0.25, -0.2) is 4.39 Å². The monoisotopic (exact) mass is 354 g/mol. The number of primary amides is 1. The fraction of sp³-hybridized carbons (Fsp3) is 0.409. The van der Waals surface area contributed by atoms with Gasteiger partial charge in [-0.15, -0.1) is 0 Å². The number of aryl methyl sites for hydroxylation is 2. The van der Waals surface area contributed by atoms with Gasteiger partial charge in [0.15, 0.2) is 0 Å². The molecule has 1 aliphatic rings. The van der Waals surface area contributed by atoms with Crippen molar-refractivity contribution in [3.05, 3.63) is 70.5 Å². The topological polar surface area (TPSA) is 55.1 Å². The van der Waals surface area contributed by atoms with Crippen LogP contribution in [0.25, 0.3) is 0 Å². The maximum atomic E-state index is 13.6. The number of hydrogen-bond acceptors (Lipinski definition) is 2. The molecule has 0 radical (unpaired) electrons. The number of nitrogens with two attached hydrogens (primary N) is 1. The zero-order valence-electron chi connectivity index (χ0n) is 15.3. The van der Waals surface area contributed by atoms with Gasteiger partial charge in [-0.3, -0.25) is 4.79 Å². The standard InChI is InChI=1S/C22H27FN2O/c1-2-25-21-10-9-17-8-6-15(7-11-22(24)26)13-19(17)20(21)14-16-4-3-5-18(23)12-16/h3-6,8,12-13,20-21,25H,2,7,9-11,14H2,1H3,(H2,24,26). The number of fused-ring (bicyclic) bond motifs is 1. The molecule has 0 aromatic heterocycles. The minimum atomic E-state index is -0.274. The molecule has 0 heterocycles. The molecule has 3 rings (SSSR count). The number of carbonyl (C=O) groups excluding carboxylic acids is 1. The fourth-order valence-electron chi connectivity index (χ4n) is 4.05. The first kappa shape index (κ1) is 18.6. The minimum Gasteiger partial charge on any atom is -0.370 e. The van der Waals surface area contributed by atoms with Gasteiger partial charge in [-0.2, -0.15) is 0 Å². The fourth-order valence-corrected chi connectivity index (χ4v) is 4.05. The number of hydrogen-bond donors (Lipinski definition) is 2. The Morgan fingerprint density at radius 3 is 2.81 bits per heavy atom. The van der Waals surface area contributed by atoms with E-state index >= 15 is 0 Å². The van der Waals surface area contributed by atoms with E-state index in [0.29, 0.717) is 24.8 Å². The second kappa shape index (κ2) is 8.45. The second-order valence-corrected chi connectivity index (χ2v) is 7.14. The molecular formula is C22H27FN2O. The zero-order chi connectivity index (χ0) is 18.5. The molecule has 4 heteroatoms. The van der Waals surface area contributed by atoms with Crippen LogP contribution >= 0.6 is 0 Å². The predicted octanol–water partition coefficient (Wildman–Crippen LogP) is 3.49.